The maximum atomic E-state index is 15.2. The van der Waals surface area contributed by atoms with Gasteiger partial charge in [0.25, 0.3) is 5.79 Å². The van der Waals surface area contributed by atoms with Crippen LogP contribution in [0.25, 0.3) is 5.65 Å². The standard InChI is InChI=1S/C12H16FN5O4/c1-11(13)8(20)6(4-19)22-12(11,21-2)7-3-15-10-9(14)16-5-17-18(7)10/h3,5-6,8,19-20H,4H2,1-2H3,(H2,14,16,17). The fourth-order valence-corrected chi connectivity index (χ4v) is 2.80. The molecule has 0 spiro atoms. The van der Waals surface area contributed by atoms with Crippen LogP contribution in [-0.4, -0.2) is 61.4 Å². The number of aliphatic hydroxyl groups is 2. The lowest BCUT2D eigenvalue weighted by atomic mass is 9.90. The molecule has 3 heterocycles. The van der Waals surface area contributed by atoms with Gasteiger partial charge in [-0.2, -0.15) is 5.10 Å². The number of hydrogen-bond donors (Lipinski definition) is 3. The number of methoxy groups -OCH3 is 1. The Morgan fingerprint density at radius 1 is 1.55 bits per heavy atom. The minimum atomic E-state index is -2.36. The van der Waals surface area contributed by atoms with Crippen LogP contribution in [0.3, 0.4) is 0 Å². The molecule has 0 bridgehead atoms. The summed E-state index contributed by atoms with van der Waals surface area (Å²) in [6.45, 7) is 0.556. The molecule has 4 N–H and O–H groups in total. The average molecular weight is 313 g/mol. The Labute approximate surface area is 124 Å². The fourth-order valence-electron chi connectivity index (χ4n) is 2.80. The van der Waals surface area contributed by atoms with Crippen molar-refractivity contribution < 1.29 is 24.1 Å². The number of imidazole rings is 1. The van der Waals surface area contributed by atoms with E-state index in [0.29, 0.717) is 0 Å². The van der Waals surface area contributed by atoms with Crippen LogP contribution in [-0.2, 0) is 15.3 Å². The molecule has 10 heteroatoms. The van der Waals surface area contributed by atoms with Gasteiger partial charge in [0.2, 0.25) is 0 Å². The van der Waals surface area contributed by atoms with Crippen molar-refractivity contribution in [2.45, 2.75) is 30.6 Å². The van der Waals surface area contributed by atoms with Crippen molar-refractivity contribution >= 4 is 11.5 Å². The number of nitrogens with zero attached hydrogens (tertiary/aromatic N) is 4. The molecule has 0 saturated carbocycles. The lowest BCUT2D eigenvalue weighted by molar-refractivity contribution is -0.272. The predicted molar refractivity (Wildman–Crippen MR) is 71.4 cm³/mol. The topological polar surface area (TPSA) is 128 Å². The van der Waals surface area contributed by atoms with Gasteiger partial charge in [0, 0.05) is 7.11 Å². The Morgan fingerprint density at radius 2 is 2.27 bits per heavy atom. The van der Waals surface area contributed by atoms with Gasteiger partial charge in [-0.1, -0.05) is 0 Å². The number of aromatic nitrogens is 4. The van der Waals surface area contributed by atoms with Crippen molar-refractivity contribution in [2.24, 2.45) is 0 Å². The first kappa shape index (κ1) is 15.0. The monoisotopic (exact) mass is 313 g/mol. The molecule has 1 aliphatic rings. The number of fused-ring (bicyclic) bond motifs is 1. The number of halogens is 1. The molecule has 4 unspecified atom stereocenters. The highest BCUT2D eigenvalue weighted by Gasteiger charge is 2.67. The lowest BCUT2D eigenvalue weighted by Crippen LogP contribution is -2.50. The van der Waals surface area contributed by atoms with Crippen LogP contribution in [0.1, 0.15) is 12.6 Å². The Hall–Kier alpha value is -1.88. The zero-order chi connectivity index (χ0) is 16.1. The van der Waals surface area contributed by atoms with Gasteiger partial charge >= 0.3 is 0 Å². The van der Waals surface area contributed by atoms with E-state index in [2.05, 4.69) is 15.1 Å². The van der Waals surface area contributed by atoms with Gasteiger partial charge in [0.1, 0.15) is 24.2 Å². The van der Waals surface area contributed by atoms with Crippen molar-refractivity contribution in [1.29, 1.82) is 0 Å². The maximum absolute atomic E-state index is 15.2. The SMILES string of the molecule is COC1(c2cnc3c(N)ncnn23)OC(CO)C(O)C1(C)F. The van der Waals surface area contributed by atoms with Crippen molar-refractivity contribution in [3.63, 3.8) is 0 Å². The molecule has 2 aromatic heterocycles. The van der Waals surface area contributed by atoms with Crippen LogP contribution in [0, 0.1) is 0 Å². The van der Waals surface area contributed by atoms with E-state index < -0.39 is 30.3 Å². The van der Waals surface area contributed by atoms with Gasteiger partial charge in [-0.15, -0.1) is 0 Å². The van der Waals surface area contributed by atoms with E-state index in [1.54, 1.807) is 0 Å². The third-order valence-electron chi connectivity index (χ3n) is 4.00. The maximum Gasteiger partial charge on any atom is 0.252 e. The molecule has 2 aromatic rings. The quantitative estimate of drug-likeness (QED) is 0.657. The number of hydrogen-bond acceptors (Lipinski definition) is 8. The highest BCUT2D eigenvalue weighted by Crippen LogP contribution is 2.49. The number of nitrogens with two attached hydrogens (primary N) is 1. The molecule has 0 radical (unpaired) electrons. The Balaban J connectivity index is 2.24. The van der Waals surface area contributed by atoms with Crippen molar-refractivity contribution in [2.75, 3.05) is 19.5 Å². The van der Waals surface area contributed by atoms with Crippen molar-refractivity contribution in [3.8, 4) is 0 Å². The minimum Gasteiger partial charge on any atom is -0.394 e. The number of alkyl halides is 1. The largest absolute Gasteiger partial charge is 0.394 e. The van der Waals surface area contributed by atoms with E-state index in [1.165, 1.54) is 24.1 Å². The molecule has 0 aliphatic carbocycles. The first-order valence-electron chi connectivity index (χ1n) is 6.54. The third-order valence-corrected chi connectivity index (χ3v) is 4.00. The molecule has 3 rings (SSSR count). The van der Waals surface area contributed by atoms with Gasteiger partial charge in [-0.25, -0.2) is 18.9 Å². The van der Waals surface area contributed by atoms with Gasteiger partial charge < -0.3 is 25.4 Å². The van der Waals surface area contributed by atoms with E-state index in [-0.39, 0.29) is 17.2 Å². The number of aliphatic hydroxyl groups excluding tert-OH is 2. The Bertz CT molecular complexity index is 708. The van der Waals surface area contributed by atoms with Crippen LogP contribution < -0.4 is 5.73 Å². The highest BCUT2D eigenvalue weighted by molar-refractivity contribution is 5.59. The smallest absolute Gasteiger partial charge is 0.252 e. The first-order valence-corrected chi connectivity index (χ1v) is 6.54. The summed E-state index contributed by atoms with van der Waals surface area (Å²) in [5, 5.41) is 23.3. The third kappa shape index (κ3) is 1.69. The molecular weight excluding hydrogens is 297 g/mol. The van der Waals surface area contributed by atoms with E-state index in [9.17, 15) is 10.2 Å². The van der Waals surface area contributed by atoms with Crippen LogP contribution in [0.4, 0.5) is 10.2 Å². The van der Waals surface area contributed by atoms with E-state index in [4.69, 9.17) is 15.2 Å². The average Bonchev–Trinajstić information content (AvgIpc) is 3.01. The summed E-state index contributed by atoms with van der Waals surface area (Å²) >= 11 is 0. The summed E-state index contributed by atoms with van der Waals surface area (Å²) < 4.78 is 27.2. The van der Waals surface area contributed by atoms with Crippen LogP contribution >= 0.6 is 0 Å². The van der Waals surface area contributed by atoms with Crippen LogP contribution in [0.5, 0.6) is 0 Å². The normalized spacial score (nSPS) is 35.3. The number of ether oxygens (including phenoxy) is 2. The molecule has 1 fully saturated rings. The van der Waals surface area contributed by atoms with Crippen LogP contribution in [0.2, 0.25) is 0 Å². The minimum absolute atomic E-state index is 0.0964. The van der Waals surface area contributed by atoms with E-state index >= 15 is 4.39 Å². The van der Waals surface area contributed by atoms with E-state index in [0.717, 1.165) is 6.92 Å². The second-order valence-corrected chi connectivity index (χ2v) is 5.20. The van der Waals surface area contributed by atoms with Crippen molar-refractivity contribution in [1.82, 2.24) is 19.6 Å². The fraction of sp³-hybridized carbons (Fsp3) is 0.583. The molecule has 0 aromatic carbocycles. The lowest BCUT2D eigenvalue weighted by Gasteiger charge is -2.34. The summed E-state index contributed by atoms with van der Waals surface area (Å²) in [5.41, 5.74) is 3.65. The second-order valence-electron chi connectivity index (χ2n) is 5.20. The van der Waals surface area contributed by atoms with Gasteiger partial charge in [-0.05, 0) is 6.92 Å². The molecule has 120 valence electrons. The molecular formula is C12H16FN5O4. The number of anilines is 1. The highest BCUT2D eigenvalue weighted by atomic mass is 19.1. The molecule has 22 heavy (non-hydrogen) atoms. The van der Waals surface area contributed by atoms with Crippen LogP contribution in [0.15, 0.2) is 12.5 Å². The number of rotatable bonds is 3. The van der Waals surface area contributed by atoms with Gasteiger partial charge in [0.15, 0.2) is 17.1 Å². The molecule has 1 saturated heterocycles. The van der Waals surface area contributed by atoms with E-state index in [1.807, 2.05) is 0 Å². The first-order chi connectivity index (χ1) is 10.4. The summed E-state index contributed by atoms with van der Waals surface area (Å²) in [5.74, 6) is -1.90. The number of nitrogen functional groups attached to an aromatic ring is 1. The molecule has 9 nitrogen and oxygen atoms in total. The van der Waals surface area contributed by atoms with Crippen molar-refractivity contribution in [3.05, 3.63) is 18.2 Å². The molecule has 1 aliphatic heterocycles. The Morgan fingerprint density at radius 3 is 2.86 bits per heavy atom. The zero-order valence-corrected chi connectivity index (χ0v) is 12.0. The second kappa shape index (κ2) is 4.81. The predicted octanol–water partition coefficient (Wildman–Crippen LogP) is -1.01. The van der Waals surface area contributed by atoms with Gasteiger partial charge in [0.05, 0.1) is 12.8 Å². The molecule has 4 atom stereocenters. The Kier molecular flexibility index (Phi) is 3.29. The zero-order valence-electron chi connectivity index (χ0n) is 12.0. The summed E-state index contributed by atoms with van der Waals surface area (Å²) in [6, 6.07) is 0. The summed E-state index contributed by atoms with van der Waals surface area (Å²) in [7, 11) is 1.23. The van der Waals surface area contributed by atoms with Gasteiger partial charge in [-0.3, -0.25) is 0 Å². The summed E-state index contributed by atoms with van der Waals surface area (Å²) in [4.78, 5) is 7.84. The summed E-state index contributed by atoms with van der Waals surface area (Å²) in [6.07, 6.45) is -0.280. The molecule has 0 amide bonds.